The second-order valence-electron chi connectivity index (χ2n) is 5.42. The van der Waals surface area contributed by atoms with Crippen molar-refractivity contribution in [2.45, 2.75) is 52.2 Å². The number of nitrogens with one attached hydrogen (secondary N) is 2. The van der Waals surface area contributed by atoms with Gasteiger partial charge in [0.05, 0.1) is 13.2 Å². The lowest BCUT2D eigenvalue weighted by Crippen LogP contribution is -2.48. The van der Waals surface area contributed by atoms with E-state index in [1.807, 2.05) is 0 Å². The highest BCUT2D eigenvalue weighted by molar-refractivity contribution is 4.78. The van der Waals surface area contributed by atoms with Crippen molar-refractivity contribution in [1.82, 2.24) is 15.5 Å². The SMILES string of the molecule is CCN(CC)CC(C)NC(C)CC1COCCN1. The largest absolute Gasteiger partial charge is 0.379 e. The van der Waals surface area contributed by atoms with Crippen molar-refractivity contribution in [3.05, 3.63) is 0 Å². The molecule has 1 saturated heterocycles. The summed E-state index contributed by atoms with van der Waals surface area (Å²) in [5.41, 5.74) is 0. The molecule has 1 fully saturated rings. The van der Waals surface area contributed by atoms with E-state index in [9.17, 15) is 0 Å². The quantitative estimate of drug-likeness (QED) is 0.682. The second-order valence-corrected chi connectivity index (χ2v) is 5.42. The third kappa shape index (κ3) is 6.14. The Kier molecular flexibility index (Phi) is 7.82. The third-order valence-corrected chi connectivity index (χ3v) is 3.63. The average molecular weight is 257 g/mol. The Morgan fingerprint density at radius 3 is 2.56 bits per heavy atom. The van der Waals surface area contributed by atoms with Crippen LogP contribution in [0.25, 0.3) is 0 Å². The zero-order chi connectivity index (χ0) is 13.4. The number of ether oxygens (including phenoxy) is 1. The van der Waals surface area contributed by atoms with Crippen molar-refractivity contribution in [2.75, 3.05) is 39.4 Å². The lowest BCUT2D eigenvalue weighted by molar-refractivity contribution is 0.0706. The van der Waals surface area contributed by atoms with Crippen LogP contribution >= 0.6 is 0 Å². The van der Waals surface area contributed by atoms with E-state index < -0.39 is 0 Å². The molecule has 1 heterocycles. The fraction of sp³-hybridized carbons (Fsp3) is 1.00. The van der Waals surface area contributed by atoms with Gasteiger partial charge in [-0.25, -0.2) is 0 Å². The van der Waals surface area contributed by atoms with E-state index in [1.54, 1.807) is 0 Å². The van der Waals surface area contributed by atoms with Crippen LogP contribution in [0.15, 0.2) is 0 Å². The molecule has 1 aliphatic rings. The highest BCUT2D eigenvalue weighted by Crippen LogP contribution is 2.04. The molecule has 1 aliphatic heterocycles. The van der Waals surface area contributed by atoms with E-state index >= 15 is 0 Å². The number of hydrogen-bond donors (Lipinski definition) is 2. The molecule has 0 aromatic rings. The minimum atomic E-state index is 0.516. The van der Waals surface area contributed by atoms with Crippen molar-refractivity contribution >= 4 is 0 Å². The summed E-state index contributed by atoms with van der Waals surface area (Å²) in [6.07, 6.45) is 1.14. The molecule has 3 atom stereocenters. The van der Waals surface area contributed by atoms with Crippen LogP contribution in [-0.2, 0) is 4.74 Å². The average Bonchev–Trinajstić information content (AvgIpc) is 2.36. The van der Waals surface area contributed by atoms with Crippen LogP contribution in [0.2, 0.25) is 0 Å². The summed E-state index contributed by atoms with van der Waals surface area (Å²) in [6, 6.07) is 1.60. The summed E-state index contributed by atoms with van der Waals surface area (Å²) in [4.78, 5) is 2.46. The maximum atomic E-state index is 5.49. The van der Waals surface area contributed by atoms with E-state index in [4.69, 9.17) is 4.74 Å². The zero-order valence-corrected chi connectivity index (χ0v) is 12.5. The van der Waals surface area contributed by atoms with Crippen molar-refractivity contribution in [3.63, 3.8) is 0 Å². The van der Waals surface area contributed by atoms with Crippen molar-refractivity contribution in [3.8, 4) is 0 Å². The minimum absolute atomic E-state index is 0.516. The molecular weight excluding hydrogens is 226 g/mol. The van der Waals surface area contributed by atoms with Gasteiger partial charge < -0.3 is 20.3 Å². The second kappa shape index (κ2) is 8.86. The molecule has 0 bridgehead atoms. The van der Waals surface area contributed by atoms with E-state index in [2.05, 4.69) is 43.2 Å². The van der Waals surface area contributed by atoms with Gasteiger partial charge in [-0.3, -0.25) is 0 Å². The topological polar surface area (TPSA) is 36.5 Å². The monoisotopic (exact) mass is 257 g/mol. The molecule has 18 heavy (non-hydrogen) atoms. The van der Waals surface area contributed by atoms with Gasteiger partial charge in [0, 0.05) is 31.2 Å². The van der Waals surface area contributed by atoms with Gasteiger partial charge in [-0.05, 0) is 33.4 Å². The predicted molar refractivity (Wildman–Crippen MR) is 77.1 cm³/mol. The van der Waals surface area contributed by atoms with Crippen LogP contribution in [0, 0.1) is 0 Å². The van der Waals surface area contributed by atoms with Crippen LogP contribution in [0.3, 0.4) is 0 Å². The fourth-order valence-electron chi connectivity index (χ4n) is 2.67. The van der Waals surface area contributed by atoms with Gasteiger partial charge in [0.2, 0.25) is 0 Å². The lowest BCUT2D eigenvalue weighted by atomic mass is 10.1. The Morgan fingerprint density at radius 1 is 1.28 bits per heavy atom. The van der Waals surface area contributed by atoms with Crippen LogP contribution in [0.5, 0.6) is 0 Å². The lowest BCUT2D eigenvalue weighted by Gasteiger charge is -2.30. The Morgan fingerprint density at radius 2 is 2.00 bits per heavy atom. The normalized spacial score (nSPS) is 24.2. The Labute approximate surface area is 112 Å². The molecule has 0 radical (unpaired) electrons. The molecular formula is C14H31N3O. The highest BCUT2D eigenvalue weighted by atomic mass is 16.5. The van der Waals surface area contributed by atoms with Gasteiger partial charge in [-0.15, -0.1) is 0 Å². The Bertz CT molecular complexity index is 203. The molecule has 108 valence electrons. The van der Waals surface area contributed by atoms with Gasteiger partial charge in [-0.1, -0.05) is 13.8 Å². The summed E-state index contributed by atoms with van der Waals surface area (Å²) in [7, 11) is 0. The fourth-order valence-corrected chi connectivity index (χ4v) is 2.67. The first-order valence-corrected chi connectivity index (χ1v) is 7.45. The van der Waals surface area contributed by atoms with Gasteiger partial charge in [0.25, 0.3) is 0 Å². The summed E-state index contributed by atoms with van der Waals surface area (Å²) >= 11 is 0. The Balaban J connectivity index is 2.19. The van der Waals surface area contributed by atoms with E-state index in [0.29, 0.717) is 18.1 Å². The van der Waals surface area contributed by atoms with Gasteiger partial charge in [0.15, 0.2) is 0 Å². The number of morpholine rings is 1. The smallest absolute Gasteiger partial charge is 0.0620 e. The number of hydrogen-bond acceptors (Lipinski definition) is 4. The molecule has 0 aliphatic carbocycles. The van der Waals surface area contributed by atoms with E-state index in [0.717, 1.165) is 45.8 Å². The van der Waals surface area contributed by atoms with E-state index in [1.165, 1.54) is 0 Å². The molecule has 4 heteroatoms. The number of likely N-dealkylation sites (N-methyl/N-ethyl adjacent to an activating group) is 1. The third-order valence-electron chi connectivity index (χ3n) is 3.63. The van der Waals surface area contributed by atoms with Gasteiger partial charge in [0.1, 0.15) is 0 Å². The summed E-state index contributed by atoms with van der Waals surface area (Å²) in [6.45, 7) is 15.1. The first kappa shape index (κ1) is 15.9. The summed E-state index contributed by atoms with van der Waals surface area (Å²) in [5.74, 6) is 0. The molecule has 0 amide bonds. The van der Waals surface area contributed by atoms with Crippen LogP contribution in [-0.4, -0.2) is 62.4 Å². The summed E-state index contributed by atoms with van der Waals surface area (Å²) in [5, 5.41) is 7.20. The van der Waals surface area contributed by atoms with Crippen LogP contribution in [0.1, 0.15) is 34.1 Å². The number of rotatable bonds is 8. The molecule has 4 nitrogen and oxygen atoms in total. The molecule has 0 aromatic carbocycles. The molecule has 1 rings (SSSR count). The molecule has 0 spiro atoms. The molecule has 3 unspecified atom stereocenters. The first-order valence-electron chi connectivity index (χ1n) is 7.45. The van der Waals surface area contributed by atoms with Crippen LogP contribution < -0.4 is 10.6 Å². The highest BCUT2D eigenvalue weighted by Gasteiger charge is 2.17. The van der Waals surface area contributed by atoms with Crippen LogP contribution in [0.4, 0.5) is 0 Å². The van der Waals surface area contributed by atoms with Crippen molar-refractivity contribution in [2.24, 2.45) is 0 Å². The number of nitrogens with zero attached hydrogens (tertiary/aromatic N) is 1. The van der Waals surface area contributed by atoms with E-state index in [-0.39, 0.29) is 0 Å². The maximum Gasteiger partial charge on any atom is 0.0620 e. The molecule has 0 saturated carbocycles. The van der Waals surface area contributed by atoms with Gasteiger partial charge in [-0.2, -0.15) is 0 Å². The molecule has 2 N–H and O–H groups in total. The molecule has 0 aromatic heterocycles. The van der Waals surface area contributed by atoms with Crippen molar-refractivity contribution < 1.29 is 4.74 Å². The van der Waals surface area contributed by atoms with Crippen molar-refractivity contribution in [1.29, 1.82) is 0 Å². The minimum Gasteiger partial charge on any atom is -0.379 e. The first-order chi connectivity index (χ1) is 8.65. The predicted octanol–water partition coefficient (Wildman–Crippen LogP) is 1.07. The zero-order valence-electron chi connectivity index (χ0n) is 12.5. The maximum absolute atomic E-state index is 5.49. The summed E-state index contributed by atoms with van der Waals surface area (Å²) < 4.78 is 5.49. The standard InChI is InChI=1S/C14H31N3O/c1-5-17(6-2)10-13(4)16-12(3)9-14-11-18-8-7-15-14/h12-16H,5-11H2,1-4H3. The van der Waals surface area contributed by atoms with Gasteiger partial charge >= 0.3 is 0 Å². The Hall–Kier alpha value is -0.160.